The lowest BCUT2D eigenvalue weighted by molar-refractivity contribution is -0.164. The maximum atomic E-state index is 14.2. The summed E-state index contributed by atoms with van der Waals surface area (Å²) in [6, 6.07) is 0. The first kappa shape index (κ1) is 15.3. The van der Waals surface area contributed by atoms with Gasteiger partial charge < -0.3 is 9.47 Å². The minimum Gasteiger partial charge on any atom is -0.466 e. The zero-order valence-corrected chi connectivity index (χ0v) is 11.2. The molecule has 0 bridgehead atoms. The second-order valence-electron chi connectivity index (χ2n) is 5.16. The topological polar surface area (TPSA) is 35.5 Å². The van der Waals surface area contributed by atoms with Crippen molar-refractivity contribution in [1.29, 1.82) is 0 Å². The van der Waals surface area contributed by atoms with E-state index in [1.165, 1.54) is 6.92 Å². The fraction of sp³-hybridized carbons (Fsp3) is 0.923. The van der Waals surface area contributed by atoms with Gasteiger partial charge in [0.05, 0.1) is 19.6 Å². The van der Waals surface area contributed by atoms with Crippen LogP contribution in [0, 0.1) is 17.8 Å². The summed E-state index contributed by atoms with van der Waals surface area (Å²) in [6.45, 7) is 5.74. The van der Waals surface area contributed by atoms with Crippen LogP contribution in [0.3, 0.4) is 0 Å². The van der Waals surface area contributed by atoms with Gasteiger partial charge in [0.15, 0.2) is 0 Å². The van der Waals surface area contributed by atoms with Gasteiger partial charge in [-0.1, -0.05) is 13.8 Å². The molecule has 0 aromatic rings. The minimum absolute atomic E-state index is 0.0304. The van der Waals surface area contributed by atoms with Gasteiger partial charge in [-0.3, -0.25) is 4.79 Å². The van der Waals surface area contributed by atoms with Crippen LogP contribution in [-0.2, 0) is 14.3 Å². The third kappa shape index (κ3) is 3.90. The Kier molecular flexibility index (Phi) is 5.50. The average molecular weight is 264 g/mol. The Labute approximate surface area is 107 Å². The summed E-state index contributed by atoms with van der Waals surface area (Å²) >= 11 is 0. The smallest absolute Gasteiger partial charge is 0.306 e. The fourth-order valence-electron chi connectivity index (χ4n) is 2.31. The number of ether oxygens (including phenoxy) is 2. The lowest BCUT2D eigenvalue weighted by Crippen LogP contribution is -2.42. The number of hydrogen-bond acceptors (Lipinski definition) is 3. The number of alkyl halides is 2. The highest BCUT2D eigenvalue weighted by molar-refractivity contribution is 5.69. The Balaban J connectivity index is 2.76. The van der Waals surface area contributed by atoms with E-state index < -0.39 is 23.7 Å². The van der Waals surface area contributed by atoms with Gasteiger partial charge in [-0.15, -0.1) is 0 Å². The Morgan fingerprint density at radius 1 is 1.39 bits per heavy atom. The SMILES string of the molecule is CCOC(=O)C[C@@H]1CC(C)COCC(C)C1(F)F. The zero-order valence-electron chi connectivity index (χ0n) is 11.2. The molecule has 1 aliphatic heterocycles. The minimum atomic E-state index is -2.89. The Hall–Kier alpha value is -0.710. The molecule has 0 aliphatic carbocycles. The molecule has 0 saturated carbocycles. The highest BCUT2D eigenvalue weighted by Gasteiger charge is 2.47. The van der Waals surface area contributed by atoms with Crippen molar-refractivity contribution in [3.05, 3.63) is 0 Å². The number of halogens is 2. The largest absolute Gasteiger partial charge is 0.466 e. The molecule has 0 N–H and O–H groups in total. The number of esters is 1. The van der Waals surface area contributed by atoms with Gasteiger partial charge in [0.2, 0.25) is 0 Å². The molecule has 1 rings (SSSR count). The summed E-state index contributed by atoms with van der Waals surface area (Å²) in [7, 11) is 0. The molecular formula is C13H22F2O3. The number of hydrogen-bond donors (Lipinski definition) is 0. The van der Waals surface area contributed by atoms with Crippen molar-refractivity contribution in [3.63, 3.8) is 0 Å². The summed E-state index contributed by atoms with van der Waals surface area (Å²) in [5.74, 6) is -5.22. The van der Waals surface area contributed by atoms with Crippen LogP contribution in [0.2, 0.25) is 0 Å². The van der Waals surface area contributed by atoms with Crippen molar-refractivity contribution >= 4 is 5.97 Å². The van der Waals surface area contributed by atoms with Gasteiger partial charge in [-0.2, -0.15) is 0 Å². The second kappa shape index (κ2) is 6.45. The quantitative estimate of drug-likeness (QED) is 0.735. The van der Waals surface area contributed by atoms with Crippen LogP contribution in [0.1, 0.15) is 33.6 Å². The third-order valence-corrected chi connectivity index (χ3v) is 3.38. The molecule has 5 heteroatoms. The van der Waals surface area contributed by atoms with Crippen LogP contribution in [-0.4, -0.2) is 31.7 Å². The molecule has 3 atom stereocenters. The molecule has 0 radical (unpaired) electrons. The van der Waals surface area contributed by atoms with Gasteiger partial charge in [-0.25, -0.2) is 8.78 Å². The summed E-state index contributed by atoms with van der Waals surface area (Å²) in [5.41, 5.74) is 0. The van der Waals surface area contributed by atoms with Gasteiger partial charge in [-0.05, 0) is 19.3 Å². The predicted molar refractivity (Wildman–Crippen MR) is 63.5 cm³/mol. The van der Waals surface area contributed by atoms with Crippen molar-refractivity contribution in [2.24, 2.45) is 17.8 Å². The Morgan fingerprint density at radius 2 is 2.06 bits per heavy atom. The first-order valence-corrected chi connectivity index (χ1v) is 6.49. The predicted octanol–water partition coefficient (Wildman–Crippen LogP) is 2.88. The second-order valence-corrected chi connectivity index (χ2v) is 5.16. The van der Waals surface area contributed by atoms with E-state index in [2.05, 4.69) is 0 Å². The Bertz CT molecular complexity index is 281. The number of rotatable bonds is 3. The lowest BCUT2D eigenvalue weighted by Gasteiger charge is -2.35. The van der Waals surface area contributed by atoms with Gasteiger partial charge in [0.1, 0.15) is 0 Å². The van der Waals surface area contributed by atoms with Crippen molar-refractivity contribution in [2.45, 2.75) is 39.5 Å². The molecule has 106 valence electrons. The molecule has 0 amide bonds. The van der Waals surface area contributed by atoms with Gasteiger partial charge in [0.25, 0.3) is 5.92 Å². The van der Waals surface area contributed by atoms with E-state index in [1.807, 2.05) is 6.92 Å². The summed E-state index contributed by atoms with van der Waals surface area (Å²) in [6.07, 6.45) is 0.0751. The third-order valence-electron chi connectivity index (χ3n) is 3.38. The molecule has 1 fully saturated rings. The van der Waals surface area contributed by atoms with E-state index in [-0.39, 0.29) is 32.0 Å². The first-order chi connectivity index (χ1) is 8.37. The van der Waals surface area contributed by atoms with Gasteiger partial charge in [0, 0.05) is 18.4 Å². The van der Waals surface area contributed by atoms with E-state index in [4.69, 9.17) is 9.47 Å². The summed E-state index contributed by atoms with van der Waals surface area (Å²) < 4.78 is 38.4. The van der Waals surface area contributed by atoms with Gasteiger partial charge >= 0.3 is 5.97 Å². The Morgan fingerprint density at radius 3 is 2.67 bits per heavy atom. The number of carbonyl (C=O) groups is 1. The fourth-order valence-corrected chi connectivity index (χ4v) is 2.31. The molecule has 0 aromatic carbocycles. The lowest BCUT2D eigenvalue weighted by atomic mass is 9.82. The van der Waals surface area contributed by atoms with Crippen molar-refractivity contribution in [2.75, 3.05) is 19.8 Å². The first-order valence-electron chi connectivity index (χ1n) is 6.49. The van der Waals surface area contributed by atoms with Crippen LogP contribution in [0.15, 0.2) is 0 Å². The van der Waals surface area contributed by atoms with E-state index in [0.29, 0.717) is 6.61 Å². The maximum absolute atomic E-state index is 14.2. The van der Waals surface area contributed by atoms with Crippen LogP contribution in [0.4, 0.5) is 8.78 Å². The standard InChI is InChI=1S/C13H22F2O3/c1-4-18-12(16)6-11-5-9(2)7-17-8-10(3)13(11,14)15/h9-11H,4-8H2,1-3H3/t9?,10?,11-/m0/s1. The summed E-state index contributed by atoms with van der Waals surface area (Å²) in [5, 5.41) is 0. The highest BCUT2D eigenvalue weighted by Crippen LogP contribution is 2.40. The van der Waals surface area contributed by atoms with Crippen molar-refractivity contribution < 1.29 is 23.0 Å². The average Bonchev–Trinajstić information content (AvgIpc) is 2.27. The zero-order chi connectivity index (χ0) is 13.8. The van der Waals surface area contributed by atoms with E-state index in [0.717, 1.165) is 0 Å². The maximum Gasteiger partial charge on any atom is 0.306 e. The molecule has 18 heavy (non-hydrogen) atoms. The molecular weight excluding hydrogens is 242 g/mol. The van der Waals surface area contributed by atoms with Crippen LogP contribution < -0.4 is 0 Å². The molecule has 1 aliphatic rings. The van der Waals surface area contributed by atoms with E-state index in [1.54, 1.807) is 6.92 Å². The van der Waals surface area contributed by atoms with E-state index >= 15 is 0 Å². The van der Waals surface area contributed by atoms with Crippen molar-refractivity contribution in [1.82, 2.24) is 0 Å². The molecule has 1 saturated heterocycles. The van der Waals surface area contributed by atoms with E-state index in [9.17, 15) is 13.6 Å². The van der Waals surface area contributed by atoms with Crippen LogP contribution in [0.5, 0.6) is 0 Å². The summed E-state index contributed by atoms with van der Waals surface area (Å²) in [4.78, 5) is 11.4. The molecule has 2 unspecified atom stereocenters. The highest BCUT2D eigenvalue weighted by atomic mass is 19.3. The van der Waals surface area contributed by atoms with Crippen LogP contribution >= 0.6 is 0 Å². The van der Waals surface area contributed by atoms with Crippen LogP contribution in [0.25, 0.3) is 0 Å². The molecule has 0 spiro atoms. The monoisotopic (exact) mass is 264 g/mol. The normalized spacial score (nSPS) is 32.4. The number of carbonyl (C=O) groups excluding carboxylic acids is 1. The molecule has 0 aromatic heterocycles. The molecule has 3 nitrogen and oxygen atoms in total. The van der Waals surface area contributed by atoms with Crippen molar-refractivity contribution in [3.8, 4) is 0 Å². The molecule has 1 heterocycles.